The van der Waals surface area contributed by atoms with E-state index in [4.69, 9.17) is 0 Å². The lowest BCUT2D eigenvalue weighted by atomic mass is 9.93. The van der Waals surface area contributed by atoms with Crippen molar-refractivity contribution >= 4 is 22.2 Å². The van der Waals surface area contributed by atoms with Gasteiger partial charge in [-0.15, -0.1) is 0 Å². The third-order valence-corrected chi connectivity index (χ3v) is 5.15. The molecule has 0 heterocycles. The average Bonchev–Trinajstić information content (AvgIpc) is 2.79. The fourth-order valence-electron chi connectivity index (χ4n) is 3.64. The molecule has 7 heteroatoms. The topological polar surface area (TPSA) is 32.6 Å². The molecule has 0 atom stereocenters. The second-order valence-electron chi connectivity index (χ2n) is 7.38. The Morgan fingerprint density at radius 1 is 0.719 bits per heavy atom. The second-order valence-corrected chi connectivity index (χ2v) is 7.38. The van der Waals surface area contributed by atoms with Crippen LogP contribution >= 0.6 is 0 Å². The van der Waals surface area contributed by atoms with Crippen molar-refractivity contribution < 1.29 is 27.1 Å². The summed E-state index contributed by atoms with van der Waals surface area (Å²) >= 11 is 0. The Kier molecular flexibility index (Phi) is 5.42. The summed E-state index contributed by atoms with van der Waals surface area (Å²) in [6, 6.07) is 15.4. The average molecular weight is 441 g/mol. The molecule has 162 valence electrons. The van der Waals surface area contributed by atoms with Crippen LogP contribution in [0, 0.1) is 42.9 Å². The van der Waals surface area contributed by atoms with Gasteiger partial charge in [0.1, 0.15) is 11.4 Å². The number of aliphatic imine (C=N–C) groups is 1. The van der Waals surface area contributed by atoms with Gasteiger partial charge in [0.25, 0.3) is 0 Å². The van der Waals surface area contributed by atoms with Gasteiger partial charge in [0, 0.05) is 11.1 Å². The lowest BCUT2D eigenvalue weighted by molar-refractivity contribution is 0.381. The molecule has 0 aliphatic heterocycles. The van der Waals surface area contributed by atoms with Crippen molar-refractivity contribution in [3.05, 3.63) is 106 Å². The normalized spacial score (nSPS) is 11.9. The zero-order valence-corrected chi connectivity index (χ0v) is 17.0. The summed E-state index contributed by atoms with van der Waals surface area (Å²) in [6.45, 7) is 3.38. The molecular weight excluding hydrogens is 425 g/mol. The predicted octanol–water partition coefficient (Wildman–Crippen LogP) is 7.03. The van der Waals surface area contributed by atoms with E-state index in [0.717, 1.165) is 5.39 Å². The van der Waals surface area contributed by atoms with E-state index in [9.17, 15) is 27.1 Å². The molecule has 0 aromatic heterocycles. The first kappa shape index (κ1) is 21.5. The number of phenols is 1. The standard InChI is InChI=1S/C25H16F5NO/c1-12-10-13(2)25(32)17(11-12)23(16-9-5-7-14-6-3-4-8-15(14)16)31-24-21(29)19(27)18(26)20(28)22(24)30/h3-11,32H,1-2H3. The van der Waals surface area contributed by atoms with Crippen molar-refractivity contribution in [1.82, 2.24) is 0 Å². The number of hydrogen-bond acceptors (Lipinski definition) is 2. The Labute approximate surface area is 180 Å². The van der Waals surface area contributed by atoms with Crippen molar-refractivity contribution in [2.45, 2.75) is 13.8 Å². The van der Waals surface area contributed by atoms with Crippen LogP contribution in [0.15, 0.2) is 59.6 Å². The fraction of sp³-hybridized carbons (Fsp3) is 0.0800. The Hall–Kier alpha value is -3.74. The van der Waals surface area contributed by atoms with Crippen molar-refractivity contribution in [2.24, 2.45) is 4.99 Å². The van der Waals surface area contributed by atoms with Crippen LogP contribution in [0.4, 0.5) is 27.6 Å². The molecule has 0 amide bonds. The maximum atomic E-state index is 14.5. The maximum Gasteiger partial charge on any atom is 0.200 e. The summed E-state index contributed by atoms with van der Waals surface area (Å²) in [5.74, 6) is -10.8. The highest BCUT2D eigenvalue weighted by molar-refractivity contribution is 6.21. The first-order valence-electron chi connectivity index (χ1n) is 9.59. The number of hydrogen-bond donors (Lipinski definition) is 1. The van der Waals surface area contributed by atoms with Gasteiger partial charge in [0.15, 0.2) is 23.3 Å². The van der Waals surface area contributed by atoms with E-state index in [1.165, 1.54) is 6.07 Å². The molecule has 0 unspecified atom stereocenters. The van der Waals surface area contributed by atoms with Gasteiger partial charge in [-0.3, -0.25) is 0 Å². The third kappa shape index (κ3) is 3.49. The number of fused-ring (bicyclic) bond motifs is 1. The lowest BCUT2D eigenvalue weighted by Crippen LogP contribution is -2.08. The number of aryl methyl sites for hydroxylation is 2. The quantitative estimate of drug-likeness (QED) is 0.157. The summed E-state index contributed by atoms with van der Waals surface area (Å²) in [4.78, 5) is 3.91. The summed E-state index contributed by atoms with van der Waals surface area (Å²) in [5.41, 5.74) is 0.165. The van der Waals surface area contributed by atoms with E-state index >= 15 is 0 Å². The van der Waals surface area contributed by atoms with Gasteiger partial charge in [0.05, 0.1) is 5.71 Å². The van der Waals surface area contributed by atoms with Gasteiger partial charge in [0.2, 0.25) is 5.82 Å². The molecule has 0 aliphatic carbocycles. The molecule has 0 bridgehead atoms. The summed E-state index contributed by atoms with van der Waals surface area (Å²) in [5, 5.41) is 12.1. The van der Waals surface area contributed by atoms with Crippen molar-refractivity contribution in [2.75, 3.05) is 0 Å². The third-order valence-electron chi connectivity index (χ3n) is 5.15. The van der Waals surface area contributed by atoms with Crippen LogP contribution in [0.1, 0.15) is 22.3 Å². The number of rotatable bonds is 3. The highest BCUT2D eigenvalue weighted by atomic mass is 19.2. The van der Waals surface area contributed by atoms with Gasteiger partial charge in [-0.2, -0.15) is 0 Å². The number of halogens is 5. The fourth-order valence-corrected chi connectivity index (χ4v) is 3.64. The van der Waals surface area contributed by atoms with E-state index in [0.29, 0.717) is 22.1 Å². The van der Waals surface area contributed by atoms with Crippen LogP contribution < -0.4 is 0 Å². The number of nitrogens with zero attached hydrogens (tertiary/aromatic N) is 1. The molecule has 0 saturated carbocycles. The number of aromatic hydroxyl groups is 1. The van der Waals surface area contributed by atoms with Crippen molar-refractivity contribution in [1.29, 1.82) is 0 Å². The lowest BCUT2D eigenvalue weighted by Gasteiger charge is -2.15. The van der Waals surface area contributed by atoms with Crippen molar-refractivity contribution in [3.8, 4) is 5.75 Å². The van der Waals surface area contributed by atoms with Gasteiger partial charge in [-0.25, -0.2) is 26.9 Å². The molecule has 2 nitrogen and oxygen atoms in total. The van der Waals surface area contributed by atoms with Crippen LogP contribution in [0.2, 0.25) is 0 Å². The largest absolute Gasteiger partial charge is 0.507 e. The molecule has 0 aliphatic rings. The first-order valence-corrected chi connectivity index (χ1v) is 9.59. The second kappa shape index (κ2) is 8.07. The van der Waals surface area contributed by atoms with Crippen LogP contribution in [-0.4, -0.2) is 10.8 Å². The zero-order valence-electron chi connectivity index (χ0n) is 17.0. The van der Waals surface area contributed by atoms with Crippen LogP contribution in [0.3, 0.4) is 0 Å². The van der Waals surface area contributed by atoms with E-state index in [2.05, 4.69) is 4.99 Å². The highest BCUT2D eigenvalue weighted by Gasteiger charge is 2.27. The zero-order chi connectivity index (χ0) is 23.2. The molecular formula is C25H16F5NO. The first-order chi connectivity index (χ1) is 15.2. The molecule has 1 N–H and O–H groups in total. The minimum atomic E-state index is -2.26. The summed E-state index contributed by atoms with van der Waals surface area (Å²) in [7, 11) is 0. The predicted molar refractivity (Wildman–Crippen MR) is 113 cm³/mol. The monoisotopic (exact) mass is 441 g/mol. The summed E-state index contributed by atoms with van der Waals surface area (Å²) < 4.78 is 70.2. The minimum absolute atomic E-state index is 0.0998. The van der Waals surface area contributed by atoms with Crippen molar-refractivity contribution in [3.63, 3.8) is 0 Å². The molecule has 4 aromatic rings. The maximum absolute atomic E-state index is 14.5. The molecule has 0 fully saturated rings. The van der Waals surface area contributed by atoms with Gasteiger partial charge >= 0.3 is 0 Å². The van der Waals surface area contributed by atoms with E-state index < -0.39 is 34.8 Å². The van der Waals surface area contributed by atoms with Crippen LogP contribution in [0.25, 0.3) is 10.8 Å². The smallest absolute Gasteiger partial charge is 0.200 e. The van der Waals surface area contributed by atoms with Gasteiger partial charge in [-0.05, 0) is 41.8 Å². The minimum Gasteiger partial charge on any atom is -0.507 e. The van der Waals surface area contributed by atoms with Crippen LogP contribution in [0.5, 0.6) is 5.75 Å². The molecule has 0 saturated heterocycles. The molecule has 0 radical (unpaired) electrons. The molecule has 32 heavy (non-hydrogen) atoms. The summed E-state index contributed by atoms with van der Waals surface area (Å²) in [6.07, 6.45) is 0. The Morgan fingerprint density at radius 2 is 1.31 bits per heavy atom. The van der Waals surface area contributed by atoms with Gasteiger partial charge in [-0.1, -0.05) is 48.5 Å². The molecule has 4 rings (SSSR count). The molecule has 4 aromatic carbocycles. The number of benzene rings is 4. The highest BCUT2D eigenvalue weighted by Crippen LogP contribution is 2.34. The molecule has 0 spiro atoms. The van der Waals surface area contributed by atoms with Crippen LogP contribution in [-0.2, 0) is 0 Å². The van der Waals surface area contributed by atoms with E-state index in [-0.39, 0.29) is 17.0 Å². The van der Waals surface area contributed by atoms with E-state index in [1.54, 1.807) is 62.4 Å². The Bertz CT molecular complexity index is 1380. The number of phenolic OH excluding ortho intramolecular Hbond substituents is 1. The Balaban J connectivity index is 2.14. The van der Waals surface area contributed by atoms with Gasteiger partial charge < -0.3 is 5.11 Å². The Morgan fingerprint density at radius 3 is 2.00 bits per heavy atom. The van der Waals surface area contributed by atoms with E-state index in [1.807, 2.05) is 0 Å². The SMILES string of the molecule is Cc1cc(C)c(O)c(C(=Nc2c(F)c(F)c(F)c(F)c2F)c2cccc3ccccc23)c1.